The van der Waals surface area contributed by atoms with Crippen molar-refractivity contribution in [3.8, 4) is 5.75 Å². The summed E-state index contributed by atoms with van der Waals surface area (Å²) in [5.41, 5.74) is 0.766. The molecule has 0 aromatic heterocycles. The van der Waals surface area contributed by atoms with E-state index in [1.54, 1.807) is 6.92 Å². The first-order valence-corrected chi connectivity index (χ1v) is 8.40. The molecule has 0 bridgehead atoms. The molecule has 2 saturated carbocycles. The summed E-state index contributed by atoms with van der Waals surface area (Å²) in [5, 5.41) is 2.91. The van der Waals surface area contributed by atoms with Gasteiger partial charge in [-0.3, -0.25) is 4.79 Å². The maximum absolute atomic E-state index is 12.1. The highest BCUT2D eigenvalue weighted by atomic mass is 16.5. The van der Waals surface area contributed by atoms with E-state index in [0.29, 0.717) is 18.6 Å². The molecule has 4 heteroatoms. The maximum atomic E-state index is 12.1. The molecular formula is C18H25NO3. The van der Waals surface area contributed by atoms with Crippen LogP contribution in [-0.2, 0) is 9.53 Å². The first-order valence-electron chi connectivity index (χ1n) is 8.40. The first-order chi connectivity index (χ1) is 10.7. The summed E-state index contributed by atoms with van der Waals surface area (Å²) in [6.45, 7) is 2.50. The van der Waals surface area contributed by atoms with E-state index >= 15 is 0 Å². The van der Waals surface area contributed by atoms with Crippen LogP contribution in [0.4, 0.5) is 5.69 Å². The van der Waals surface area contributed by atoms with Gasteiger partial charge in [-0.1, -0.05) is 6.07 Å². The number of ether oxygens (including phenoxy) is 2. The maximum Gasteiger partial charge on any atom is 0.253 e. The average Bonchev–Trinajstić information content (AvgIpc) is 3.21. The van der Waals surface area contributed by atoms with Crippen LogP contribution in [0.3, 0.4) is 0 Å². The second-order valence-corrected chi connectivity index (χ2v) is 6.46. The molecule has 0 radical (unpaired) electrons. The number of nitrogens with one attached hydrogen (secondary N) is 1. The van der Waals surface area contributed by atoms with E-state index in [9.17, 15) is 4.79 Å². The molecule has 1 aromatic carbocycles. The van der Waals surface area contributed by atoms with Crippen molar-refractivity contribution in [2.45, 2.75) is 57.7 Å². The highest BCUT2D eigenvalue weighted by Gasteiger charge is 2.24. The average molecular weight is 303 g/mol. The fourth-order valence-electron chi connectivity index (χ4n) is 2.73. The number of amides is 1. The quantitative estimate of drug-likeness (QED) is 0.834. The molecule has 0 spiro atoms. The second-order valence-electron chi connectivity index (χ2n) is 6.46. The van der Waals surface area contributed by atoms with Crippen LogP contribution < -0.4 is 10.1 Å². The number of hydrogen-bond acceptors (Lipinski definition) is 3. The summed E-state index contributed by atoms with van der Waals surface area (Å²) in [6, 6.07) is 7.63. The summed E-state index contributed by atoms with van der Waals surface area (Å²) in [4.78, 5) is 12.1. The smallest absolute Gasteiger partial charge is 0.253 e. The Kier molecular flexibility index (Phi) is 4.98. The Labute approximate surface area is 132 Å². The van der Waals surface area contributed by atoms with Gasteiger partial charge in [-0.25, -0.2) is 0 Å². The van der Waals surface area contributed by atoms with E-state index in [1.165, 1.54) is 25.7 Å². The van der Waals surface area contributed by atoms with E-state index in [0.717, 1.165) is 24.3 Å². The fraction of sp³-hybridized carbons (Fsp3) is 0.611. The lowest BCUT2D eigenvalue weighted by atomic mass is 10.2. The van der Waals surface area contributed by atoms with Crippen LogP contribution in [0.25, 0.3) is 0 Å². The van der Waals surface area contributed by atoms with Gasteiger partial charge in [0, 0.05) is 11.8 Å². The normalized spacial score (nSPS) is 19.9. The van der Waals surface area contributed by atoms with Gasteiger partial charge in [0.15, 0.2) is 0 Å². The van der Waals surface area contributed by atoms with Gasteiger partial charge < -0.3 is 14.8 Å². The lowest BCUT2D eigenvalue weighted by Crippen LogP contribution is -2.28. The lowest BCUT2D eigenvalue weighted by molar-refractivity contribution is -0.126. The summed E-state index contributed by atoms with van der Waals surface area (Å²) in [5.74, 6) is 1.40. The van der Waals surface area contributed by atoms with Crippen LogP contribution in [0.1, 0.15) is 45.4 Å². The molecule has 4 nitrogen and oxygen atoms in total. The molecule has 1 unspecified atom stereocenters. The van der Waals surface area contributed by atoms with Crippen LogP contribution in [0.15, 0.2) is 24.3 Å². The van der Waals surface area contributed by atoms with E-state index in [4.69, 9.17) is 9.47 Å². The zero-order valence-corrected chi connectivity index (χ0v) is 13.2. The van der Waals surface area contributed by atoms with Crippen LogP contribution in [-0.4, -0.2) is 24.7 Å². The predicted octanol–water partition coefficient (Wildman–Crippen LogP) is 3.76. The molecule has 1 aromatic rings. The molecule has 120 valence electrons. The molecule has 2 fully saturated rings. The predicted molar refractivity (Wildman–Crippen MR) is 86.1 cm³/mol. The minimum atomic E-state index is -0.417. The van der Waals surface area contributed by atoms with Crippen LogP contribution in [0.5, 0.6) is 5.75 Å². The zero-order chi connectivity index (χ0) is 15.4. The molecule has 1 amide bonds. The monoisotopic (exact) mass is 303 g/mol. The minimum absolute atomic E-state index is 0.0985. The molecule has 1 atom stereocenters. The Balaban J connectivity index is 1.50. The zero-order valence-electron chi connectivity index (χ0n) is 13.2. The molecular weight excluding hydrogens is 278 g/mol. The Morgan fingerprint density at radius 2 is 2.05 bits per heavy atom. The third kappa shape index (κ3) is 4.47. The van der Waals surface area contributed by atoms with Gasteiger partial charge in [0.1, 0.15) is 11.9 Å². The van der Waals surface area contributed by atoms with Gasteiger partial charge in [0.2, 0.25) is 0 Å². The van der Waals surface area contributed by atoms with Crippen molar-refractivity contribution in [3.05, 3.63) is 24.3 Å². The minimum Gasteiger partial charge on any atom is -0.490 e. The van der Waals surface area contributed by atoms with E-state index in [2.05, 4.69) is 5.32 Å². The Morgan fingerprint density at radius 3 is 2.77 bits per heavy atom. The summed E-state index contributed by atoms with van der Waals surface area (Å²) in [7, 11) is 0. The van der Waals surface area contributed by atoms with Crippen molar-refractivity contribution < 1.29 is 14.3 Å². The van der Waals surface area contributed by atoms with Gasteiger partial charge >= 0.3 is 0 Å². The van der Waals surface area contributed by atoms with Crippen LogP contribution in [0.2, 0.25) is 0 Å². The van der Waals surface area contributed by atoms with Gasteiger partial charge in [0.25, 0.3) is 5.91 Å². The number of anilines is 1. The number of hydrogen-bond donors (Lipinski definition) is 1. The third-order valence-corrected chi connectivity index (χ3v) is 4.35. The molecule has 0 heterocycles. The van der Waals surface area contributed by atoms with Gasteiger partial charge in [-0.2, -0.15) is 0 Å². The largest absolute Gasteiger partial charge is 0.490 e. The lowest BCUT2D eigenvalue weighted by Gasteiger charge is -2.16. The second kappa shape index (κ2) is 7.14. The van der Waals surface area contributed by atoms with Crippen molar-refractivity contribution in [1.82, 2.24) is 0 Å². The van der Waals surface area contributed by atoms with Crippen LogP contribution >= 0.6 is 0 Å². The van der Waals surface area contributed by atoms with Gasteiger partial charge in [-0.15, -0.1) is 0 Å². The first kappa shape index (κ1) is 15.3. The van der Waals surface area contributed by atoms with Crippen LogP contribution in [0, 0.1) is 5.92 Å². The van der Waals surface area contributed by atoms with Crippen molar-refractivity contribution >= 4 is 11.6 Å². The molecule has 3 rings (SSSR count). The standard InChI is InChI=1S/C18H25NO3/c1-13(21-12-14-9-10-14)18(20)19-15-5-4-8-17(11-15)22-16-6-2-3-7-16/h4-5,8,11,13-14,16H,2-3,6-7,9-10,12H2,1H3,(H,19,20). The van der Waals surface area contributed by atoms with E-state index in [-0.39, 0.29) is 5.91 Å². The SMILES string of the molecule is CC(OCC1CC1)C(=O)Nc1cccc(OC2CCCC2)c1. The van der Waals surface area contributed by atoms with Crippen molar-refractivity contribution in [2.75, 3.05) is 11.9 Å². The number of carbonyl (C=O) groups is 1. The molecule has 2 aliphatic rings. The fourth-order valence-corrected chi connectivity index (χ4v) is 2.73. The topological polar surface area (TPSA) is 47.6 Å². The third-order valence-electron chi connectivity index (χ3n) is 4.35. The van der Waals surface area contributed by atoms with Gasteiger partial charge in [0.05, 0.1) is 12.7 Å². The molecule has 0 aliphatic heterocycles. The Hall–Kier alpha value is -1.55. The van der Waals surface area contributed by atoms with Gasteiger partial charge in [-0.05, 0) is 63.5 Å². The summed E-state index contributed by atoms with van der Waals surface area (Å²) < 4.78 is 11.6. The summed E-state index contributed by atoms with van der Waals surface area (Å²) in [6.07, 6.45) is 7.12. The van der Waals surface area contributed by atoms with Crippen molar-refractivity contribution in [3.63, 3.8) is 0 Å². The van der Waals surface area contributed by atoms with Crippen molar-refractivity contribution in [2.24, 2.45) is 5.92 Å². The number of carbonyl (C=O) groups excluding carboxylic acids is 1. The molecule has 0 saturated heterocycles. The van der Waals surface area contributed by atoms with E-state index in [1.807, 2.05) is 24.3 Å². The van der Waals surface area contributed by atoms with Crippen molar-refractivity contribution in [1.29, 1.82) is 0 Å². The highest BCUT2D eigenvalue weighted by molar-refractivity contribution is 5.94. The Morgan fingerprint density at radius 1 is 1.27 bits per heavy atom. The molecule has 2 aliphatic carbocycles. The molecule has 1 N–H and O–H groups in total. The summed E-state index contributed by atoms with van der Waals surface area (Å²) >= 11 is 0. The number of rotatable bonds is 7. The highest BCUT2D eigenvalue weighted by Crippen LogP contribution is 2.29. The Bertz CT molecular complexity index is 507. The molecule has 22 heavy (non-hydrogen) atoms. The number of benzene rings is 1. The van der Waals surface area contributed by atoms with E-state index < -0.39 is 6.10 Å².